The number of halogens is 1. The molecule has 0 saturated carbocycles. The number of thioether (sulfide) groups is 1. The SMILES string of the molecule is C=CCn1c(SCC(=O)Nc2c(C)cc(C)cc2C)nnc1-c1ccc(Cl)cc1. The maximum atomic E-state index is 12.5. The van der Waals surface area contributed by atoms with Gasteiger partial charge >= 0.3 is 0 Å². The minimum absolute atomic E-state index is 0.0775. The number of hydrogen-bond acceptors (Lipinski definition) is 4. The Labute approximate surface area is 180 Å². The van der Waals surface area contributed by atoms with Crippen molar-refractivity contribution in [3.05, 3.63) is 70.8 Å². The second-order valence-electron chi connectivity index (χ2n) is 6.82. The fourth-order valence-electron chi connectivity index (χ4n) is 3.18. The van der Waals surface area contributed by atoms with Gasteiger partial charge in [-0.05, 0) is 56.2 Å². The summed E-state index contributed by atoms with van der Waals surface area (Å²) in [6.45, 7) is 10.4. The van der Waals surface area contributed by atoms with Crippen molar-refractivity contribution in [3.63, 3.8) is 0 Å². The Bertz CT molecular complexity index is 1020. The number of nitrogens with zero attached hydrogens (tertiary/aromatic N) is 3. The minimum atomic E-state index is -0.0775. The highest BCUT2D eigenvalue weighted by molar-refractivity contribution is 7.99. The molecule has 7 heteroatoms. The van der Waals surface area contributed by atoms with Crippen LogP contribution in [0.15, 0.2) is 54.2 Å². The van der Waals surface area contributed by atoms with Gasteiger partial charge < -0.3 is 5.32 Å². The molecule has 0 atom stereocenters. The lowest BCUT2D eigenvalue weighted by atomic mass is 10.1. The molecule has 0 aliphatic heterocycles. The Morgan fingerprint density at radius 3 is 2.45 bits per heavy atom. The molecular weight excluding hydrogens is 404 g/mol. The van der Waals surface area contributed by atoms with Crippen molar-refractivity contribution in [3.8, 4) is 11.4 Å². The van der Waals surface area contributed by atoms with Crippen molar-refractivity contribution in [2.45, 2.75) is 32.5 Å². The number of benzene rings is 2. The van der Waals surface area contributed by atoms with Crippen molar-refractivity contribution in [1.29, 1.82) is 0 Å². The minimum Gasteiger partial charge on any atom is -0.325 e. The molecule has 0 aliphatic rings. The molecule has 0 fully saturated rings. The smallest absolute Gasteiger partial charge is 0.234 e. The quantitative estimate of drug-likeness (QED) is 0.403. The molecule has 5 nitrogen and oxygen atoms in total. The van der Waals surface area contributed by atoms with Crippen LogP contribution < -0.4 is 5.32 Å². The summed E-state index contributed by atoms with van der Waals surface area (Å²) in [5, 5.41) is 12.9. The van der Waals surface area contributed by atoms with Gasteiger partial charge in [0.1, 0.15) is 0 Å². The van der Waals surface area contributed by atoms with E-state index in [-0.39, 0.29) is 11.7 Å². The van der Waals surface area contributed by atoms with Crippen LogP contribution in [0.5, 0.6) is 0 Å². The standard InChI is InChI=1S/C22H23ClN4OS/c1-5-10-27-21(17-6-8-18(23)9-7-17)25-26-22(27)29-13-19(28)24-20-15(3)11-14(2)12-16(20)4/h5-9,11-12H,1,10,13H2,2-4H3,(H,24,28). The van der Waals surface area contributed by atoms with E-state index in [0.717, 1.165) is 28.2 Å². The summed E-state index contributed by atoms with van der Waals surface area (Å²) in [5.41, 5.74) is 5.07. The topological polar surface area (TPSA) is 59.8 Å². The van der Waals surface area contributed by atoms with Gasteiger partial charge in [-0.3, -0.25) is 9.36 Å². The second kappa shape index (κ2) is 9.29. The molecule has 1 amide bonds. The van der Waals surface area contributed by atoms with E-state index in [1.807, 2.05) is 49.6 Å². The second-order valence-corrected chi connectivity index (χ2v) is 8.20. The zero-order valence-electron chi connectivity index (χ0n) is 16.7. The third-order valence-corrected chi connectivity index (χ3v) is 5.62. The summed E-state index contributed by atoms with van der Waals surface area (Å²) in [6.07, 6.45) is 1.78. The molecule has 1 N–H and O–H groups in total. The van der Waals surface area contributed by atoms with Crippen LogP contribution in [0.1, 0.15) is 16.7 Å². The number of carbonyl (C=O) groups excluding carboxylic acids is 1. The van der Waals surface area contributed by atoms with Crippen LogP contribution in [0, 0.1) is 20.8 Å². The lowest BCUT2D eigenvalue weighted by molar-refractivity contribution is -0.113. The fourth-order valence-corrected chi connectivity index (χ4v) is 4.06. The summed E-state index contributed by atoms with van der Waals surface area (Å²) < 4.78 is 1.94. The Morgan fingerprint density at radius 1 is 1.17 bits per heavy atom. The normalized spacial score (nSPS) is 10.8. The van der Waals surface area contributed by atoms with Crippen LogP contribution in [-0.2, 0) is 11.3 Å². The molecule has 0 spiro atoms. The lowest BCUT2D eigenvalue weighted by Crippen LogP contribution is -2.16. The first-order valence-electron chi connectivity index (χ1n) is 9.19. The Morgan fingerprint density at radius 2 is 1.83 bits per heavy atom. The van der Waals surface area contributed by atoms with E-state index < -0.39 is 0 Å². The van der Waals surface area contributed by atoms with Gasteiger partial charge in [-0.15, -0.1) is 16.8 Å². The molecule has 3 rings (SSSR count). The van der Waals surface area contributed by atoms with Gasteiger partial charge in [-0.25, -0.2) is 0 Å². The van der Waals surface area contributed by atoms with E-state index in [1.54, 1.807) is 6.08 Å². The molecular formula is C22H23ClN4OS. The molecule has 3 aromatic rings. The van der Waals surface area contributed by atoms with Gasteiger partial charge in [0.05, 0.1) is 5.75 Å². The fraction of sp³-hybridized carbons (Fsp3) is 0.227. The maximum Gasteiger partial charge on any atom is 0.234 e. The summed E-state index contributed by atoms with van der Waals surface area (Å²) >= 11 is 7.33. The molecule has 0 radical (unpaired) electrons. The molecule has 2 aromatic carbocycles. The number of aromatic nitrogens is 3. The first kappa shape index (κ1) is 21.1. The Kier molecular flexibility index (Phi) is 6.77. The van der Waals surface area contributed by atoms with E-state index in [4.69, 9.17) is 11.6 Å². The Hall–Kier alpha value is -2.57. The summed E-state index contributed by atoms with van der Waals surface area (Å²) in [6, 6.07) is 11.6. The first-order valence-corrected chi connectivity index (χ1v) is 10.6. The molecule has 0 bridgehead atoms. The van der Waals surface area contributed by atoms with E-state index in [1.165, 1.54) is 17.3 Å². The number of anilines is 1. The zero-order chi connectivity index (χ0) is 21.0. The van der Waals surface area contributed by atoms with E-state index in [9.17, 15) is 4.79 Å². The average molecular weight is 427 g/mol. The summed E-state index contributed by atoms with van der Waals surface area (Å²) in [4.78, 5) is 12.5. The van der Waals surface area contributed by atoms with Crippen molar-refractivity contribution >= 4 is 35.0 Å². The van der Waals surface area contributed by atoms with Crippen molar-refractivity contribution in [2.24, 2.45) is 0 Å². The summed E-state index contributed by atoms with van der Waals surface area (Å²) in [5.74, 6) is 0.879. The predicted molar refractivity (Wildman–Crippen MR) is 121 cm³/mol. The van der Waals surface area contributed by atoms with Gasteiger partial charge in [0.15, 0.2) is 11.0 Å². The lowest BCUT2D eigenvalue weighted by Gasteiger charge is -2.13. The van der Waals surface area contributed by atoms with Crippen molar-refractivity contribution < 1.29 is 4.79 Å². The first-order chi connectivity index (χ1) is 13.9. The van der Waals surface area contributed by atoms with Gasteiger partial charge in [0.25, 0.3) is 0 Å². The highest BCUT2D eigenvalue weighted by atomic mass is 35.5. The van der Waals surface area contributed by atoms with E-state index in [2.05, 4.69) is 34.2 Å². The number of hydrogen-bond donors (Lipinski definition) is 1. The molecule has 29 heavy (non-hydrogen) atoms. The third-order valence-electron chi connectivity index (χ3n) is 4.40. The molecule has 0 aliphatic carbocycles. The molecule has 150 valence electrons. The Balaban J connectivity index is 1.74. The van der Waals surface area contributed by atoms with Crippen LogP contribution in [0.2, 0.25) is 5.02 Å². The monoisotopic (exact) mass is 426 g/mol. The van der Waals surface area contributed by atoms with Gasteiger partial charge in [0.2, 0.25) is 5.91 Å². The average Bonchev–Trinajstić information content (AvgIpc) is 3.06. The number of rotatable bonds is 7. The molecule has 1 aromatic heterocycles. The highest BCUT2D eigenvalue weighted by Gasteiger charge is 2.16. The van der Waals surface area contributed by atoms with Gasteiger partial charge in [-0.2, -0.15) is 0 Å². The third kappa shape index (κ3) is 5.08. The number of amides is 1. The molecule has 1 heterocycles. The number of nitrogens with one attached hydrogen (secondary N) is 1. The summed E-state index contributed by atoms with van der Waals surface area (Å²) in [7, 11) is 0. The largest absolute Gasteiger partial charge is 0.325 e. The van der Waals surface area contributed by atoms with Crippen LogP contribution in [-0.4, -0.2) is 26.4 Å². The van der Waals surface area contributed by atoms with Gasteiger partial charge in [0, 0.05) is 22.8 Å². The van der Waals surface area contributed by atoms with Crippen LogP contribution in [0.4, 0.5) is 5.69 Å². The maximum absolute atomic E-state index is 12.5. The van der Waals surface area contributed by atoms with E-state index in [0.29, 0.717) is 16.7 Å². The van der Waals surface area contributed by atoms with Crippen LogP contribution in [0.3, 0.4) is 0 Å². The van der Waals surface area contributed by atoms with Crippen LogP contribution in [0.25, 0.3) is 11.4 Å². The molecule has 0 saturated heterocycles. The number of allylic oxidation sites excluding steroid dienone is 1. The zero-order valence-corrected chi connectivity index (χ0v) is 18.3. The molecule has 0 unspecified atom stereocenters. The van der Waals surface area contributed by atoms with Gasteiger partial charge in [-0.1, -0.05) is 47.1 Å². The predicted octanol–water partition coefficient (Wildman–Crippen LogP) is 5.44. The van der Waals surface area contributed by atoms with Crippen LogP contribution >= 0.6 is 23.4 Å². The van der Waals surface area contributed by atoms with E-state index >= 15 is 0 Å². The highest BCUT2D eigenvalue weighted by Crippen LogP contribution is 2.26. The van der Waals surface area contributed by atoms with Crippen molar-refractivity contribution in [1.82, 2.24) is 14.8 Å². The number of carbonyl (C=O) groups is 1. The van der Waals surface area contributed by atoms with Crippen molar-refractivity contribution in [2.75, 3.05) is 11.1 Å². The number of aryl methyl sites for hydroxylation is 3.